The van der Waals surface area contributed by atoms with E-state index < -0.39 is 5.97 Å². The van der Waals surface area contributed by atoms with Crippen molar-refractivity contribution in [1.29, 1.82) is 0 Å². The molecule has 2 aromatic rings. The molecule has 0 saturated carbocycles. The van der Waals surface area contributed by atoms with Gasteiger partial charge in [-0.05, 0) is 28.1 Å². The van der Waals surface area contributed by atoms with E-state index in [4.69, 9.17) is 5.11 Å². The van der Waals surface area contributed by atoms with Crippen LogP contribution in [0.5, 0.6) is 0 Å². The predicted octanol–water partition coefficient (Wildman–Crippen LogP) is 1.79. The summed E-state index contributed by atoms with van der Waals surface area (Å²) in [4.78, 5) is 14.7. The highest BCUT2D eigenvalue weighted by Gasteiger charge is 2.04. The molecule has 2 rings (SSSR count). The quantitative estimate of drug-likeness (QED) is 0.828. The predicted molar refractivity (Wildman–Crippen MR) is 49.9 cm³/mol. The van der Waals surface area contributed by atoms with E-state index in [1.165, 1.54) is 12.1 Å². The van der Waals surface area contributed by atoms with Crippen LogP contribution in [0.1, 0.15) is 10.4 Å². The minimum atomic E-state index is -0.943. The minimum Gasteiger partial charge on any atom is -0.478 e. The van der Waals surface area contributed by atoms with Gasteiger partial charge in [0.25, 0.3) is 0 Å². The molecule has 13 heavy (non-hydrogen) atoms. The molecule has 0 aliphatic carbocycles. The minimum absolute atomic E-state index is 0.241. The maximum Gasteiger partial charge on any atom is 0.335 e. The number of halogens is 1. The zero-order chi connectivity index (χ0) is 9.42. The van der Waals surface area contributed by atoms with Gasteiger partial charge in [0, 0.05) is 12.4 Å². The fourth-order valence-corrected chi connectivity index (χ4v) is 1.49. The van der Waals surface area contributed by atoms with Crippen molar-refractivity contribution >= 4 is 27.5 Å². The van der Waals surface area contributed by atoms with Crippen molar-refractivity contribution in [3.63, 3.8) is 0 Å². The van der Waals surface area contributed by atoms with Gasteiger partial charge in [-0.3, -0.25) is 0 Å². The van der Waals surface area contributed by atoms with Crippen molar-refractivity contribution in [1.82, 2.24) is 9.38 Å². The number of carbonyl (C=O) groups is 1. The maximum absolute atomic E-state index is 10.6. The molecule has 0 atom stereocenters. The van der Waals surface area contributed by atoms with Gasteiger partial charge in [-0.1, -0.05) is 0 Å². The van der Waals surface area contributed by atoms with Gasteiger partial charge in [-0.2, -0.15) is 0 Å². The van der Waals surface area contributed by atoms with Crippen molar-refractivity contribution in [3.8, 4) is 0 Å². The summed E-state index contributed by atoms with van der Waals surface area (Å²) < 4.78 is 2.44. The van der Waals surface area contributed by atoms with Crippen molar-refractivity contribution < 1.29 is 9.90 Å². The van der Waals surface area contributed by atoms with E-state index in [1.54, 1.807) is 16.8 Å². The summed E-state index contributed by atoms with van der Waals surface area (Å²) in [6.45, 7) is 0. The van der Waals surface area contributed by atoms with Gasteiger partial charge in [0.15, 0.2) is 0 Å². The Kier molecular flexibility index (Phi) is 1.81. The van der Waals surface area contributed by atoms with Crippen LogP contribution in [0, 0.1) is 0 Å². The number of nitrogens with zero attached hydrogens (tertiary/aromatic N) is 2. The Labute approximate surface area is 82.0 Å². The number of carboxylic acid groups (broad SMARTS) is 1. The van der Waals surface area contributed by atoms with Gasteiger partial charge in [0.05, 0.1) is 5.56 Å². The zero-order valence-electron chi connectivity index (χ0n) is 6.44. The molecule has 2 heterocycles. The topological polar surface area (TPSA) is 54.6 Å². The molecule has 0 spiro atoms. The Hall–Kier alpha value is -1.36. The third-order valence-corrected chi connectivity index (χ3v) is 2.06. The Balaban J connectivity index is 2.67. The monoisotopic (exact) mass is 240 g/mol. The largest absolute Gasteiger partial charge is 0.478 e. The SMILES string of the molecule is O=C(O)c1ccn2cc(Br)nc2c1. The normalized spacial score (nSPS) is 10.5. The van der Waals surface area contributed by atoms with E-state index in [0.717, 1.165) is 0 Å². The lowest BCUT2D eigenvalue weighted by Gasteiger charge is -1.94. The van der Waals surface area contributed by atoms with Gasteiger partial charge in [-0.25, -0.2) is 9.78 Å². The van der Waals surface area contributed by atoms with E-state index in [9.17, 15) is 4.79 Å². The number of hydrogen-bond acceptors (Lipinski definition) is 2. The smallest absolute Gasteiger partial charge is 0.335 e. The van der Waals surface area contributed by atoms with Gasteiger partial charge < -0.3 is 9.51 Å². The molecule has 0 saturated heterocycles. The number of aromatic carboxylic acids is 1. The molecule has 0 unspecified atom stereocenters. The first-order valence-corrected chi connectivity index (χ1v) is 4.33. The van der Waals surface area contributed by atoms with E-state index >= 15 is 0 Å². The fraction of sp³-hybridized carbons (Fsp3) is 0. The molecule has 0 amide bonds. The molecule has 0 radical (unpaired) electrons. The van der Waals surface area contributed by atoms with Gasteiger partial charge in [-0.15, -0.1) is 0 Å². The van der Waals surface area contributed by atoms with E-state index in [0.29, 0.717) is 10.3 Å². The summed E-state index contributed by atoms with van der Waals surface area (Å²) in [5.41, 5.74) is 0.859. The maximum atomic E-state index is 10.6. The molecular weight excluding hydrogens is 236 g/mol. The summed E-state index contributed by atoms with van der Waals surface area (Å²) in [5, 5.41) is 8.70. The lowest BCUT2D eigenvalue weighted by Crippen LogP contribution is -1.96. The van der Waals surface area contributed by atoms with E-state index in [1.807, 2.05) is 0 Å². The van der Waals surface area contributed by atoms with Crippen LogP contribution in [-0.2, 0) is 0 Å². The second kappa shape index (κ2) is 2.85. The van der Waals surface area contributed by atoms with Crippen LogP contribution in [0.3, 0.4) is 0 Å². The number of carboxylic acids is 1. The Bertz CT molecular complexity index is 478. The molecule has 1 N–H and O–H groups in total. The number of aromatic nitrogens is 2. The second-order valence-corrected chi connectivity index (χ2v) is 3.36. The summed E-state index contributed by atoms with van der Waals surface area (Å²) in [6, 6.07) is 3.05. The third-order valence-electron chi connectivity index (χ3n) is 1.68. The van der Waals surface area contributed by atoms with Crippen molar-refractivity contribution in [2.75, 3.05) is 0 Å². The van der Waals surface area contributed by atoms with Crippen LogP contribution >= 0.6 is 15.9 Å². The molecule has 2 aromatic heterocycles. The molecule has 0 fully saturated rings. The highest BCUT2D eigenvalue weighted by atomic mass is 79.9. The first-order valence-electron chi connectivity index (χ1n) is 3.54. The third kappa shape index (κ3) is 1.42. The van der Waals surface area contributed by atoms with Crippen molar-refractivity contribution in [3.05, 3.63) is 34.7 Å². The average molecular weight is 241 g/mol. The molecule has 0 aromatic carbocycles. The molecule has 0 aliphatic rings. The van der Waals surface area contributed by atoms with Crippen LogP contribution in [0.4, 0.5) is 0 Å². The Morgan fingerprint density at radius 1 is 1.62 bits per heavy atom. The van der Waals surface area contributed by atoms with Crippen LogP contribution in [-0.4, -0.2) is 20.5 Å². The van der Waals surface area contributed by atoms with Crippen LogP contribution < -0.4 is 0 Å². The van der Waals surface area contributed by atoms with Gasteiger partial charge in [0.1, 0.15) is 10.3 Å². The Morgan fingerprint density at radius 3 is 3.08 bits per heavy atom. The number of pyridine rings is 1. The molecule has 4 nitrogen and oxygen atoms in total. The summed E-state index contributed by atoms with van der Waals surface area (Å²) in [5.74, 6) is -0.943. The van der Waals surface area contributed by atoms with Crippen molar-refractivity contribution in [2.45, 2.75) is 0 Å². The van der Waals surface area contributed by atoms with Crippen LogP contribution in [0.25, 0.3) is 5.65 Å². The summed E-state index contributed by atoms with van der Waals surface area (Å²) in [6.07, 6.45) is 3.43. The average Bonchev–Trinajstić information content (AvgIpc) is 2.42. The molecule has 0 bridgehead atoms. The summed E-state index contributed by atoms with van der Waals surface area (Å²) in [7, 11) is 0. The van der Waals surface area contributed by atoms with Crippen molar-refractivity contribution in [2.24, 2.45) is 0 Å². The number of imidazole rings is 1. The zero-order valence-corrected chi connectivity index (χ0v) is 8.02. The Morgan fingerprint density at radius 2 is 2.38 bits per heavy atom. The molecular formula is C8H5BrN2O2. The van der Waals surface area contributed by atoms with Crippen LogP contribution in [0.15, 0.2) is 29.1 Å². The highest BCUT2D eigenvalue weighted by molar-refractivity contribution is 9.10. The molecule has 0 aliphatic heterocycles. The lowest BCUT2D eigenvalue weighted by molar-refractivity contribution is 0.0697. The summed E-state index contributed by atoms with van der Waals surface area (Å²) >= 11 is 3.21. The number of rotatable bonds is 1. The standard InChI is InChI=1S/C8H5BrN2O2/c9-6-4-11-2-1-5(8(12)13)3-7(11)10-6/h1-4H,(H,12,13). The highest BCUT2D eigenvalue weighted by Crippen LogP contribution is 2.12. The fourth-order valence-electron chi connectivity index (χ4n) is 1.08. The number of fused-ring (bicyclic) bond motifs is 1. The number of hydrogen-bond donors (Lipinski definition) is 1. The first-order chi connectivity index (χ1) is 6.16. The van der Waals surface area contributed by atoms with E-state index in [-0.39, 0.29) is 5.56 Å². The second-order valence-electron chi connectivity index (χ2n) is 2.55. The molecule has 5 heteroatoms. The van der Waals surface area contributed by atoms with Crippen LogP contribution in [0.2, 0.25) is 0 Å². The van der Waals surface area contributed by atoms with Gasteiger partial charge >= 0.3 is 5.97 Å². The molecule has 66 valence electrons. The first kappa shape index (κ1) is 8.25. The van der Waals surface area contributed by atoms with E-state index in [2.05, 4.69) is 20.9 Å². The van der Waals surface area contributed by atoms with Gasteiger partial charge in [0.2, 0.25) is 0 Å². The lowest BCUT2D eigenvalue weighted by atomic mass is 10.3.